The van der Waals surface area contributed by atoms with Crippen molar-refractivity contribution in [2.45, 2.75) is 46.2 Å². The van der Waals surface area contributed by atoms with Crippen molar-refractivity contribution < 1.29 is 14.3 Å². The molecule has 1 rings (SSSR count). The molecule has 7 heteroatoms. The zero-order chi connectivity index (χ0) is 15.3. The number of nitrogens with one attached hydrogen (secondary N) is 1. The molecule has 6 nitrogen and oxygen atoms in total. The van der Waals surface area contributed by atoms with Crippen LogP contribution < -0.4 is 10.2 Å². The number of hydrogen-bond donors (Lipinski definition) is 1. The van der Waals surface area contributed by atoms with Crippen LogP contribution in [0, 0.1) is 6.92 Å². The highest BCUT2D eigenvalue weighted by Crippen LogP contribution is 2.06. The average Bonchev–Trinajstić information content (AvgIpc) is 2.68. The Hall–Kier alpha value is -1.63. The van der Waals surface area contributed by atoms with E-state index in [2.05, 4.69) is 5.32 Å². The molecule has 0 aliphatic rings. The van der Waals surface area contributed by atoms with Gasteiger partial charge >= 0.3 is 10.8 Å². The van der Waals surface area contributed by atoms with Gasteiger partial charge in [0.05, 0.1) is 0 Å². The summed E-state index contributed by atoms with van der Waals surface area (Å²) in [5.41, 5.74) is 0.373. The van der Waals surface area contributed by atoms with Crippen molar-refractivity contribution in [2.75, 3.05) is 6.61 Å². The van der Waals surface area contributed by atoms with E-state index in [1.165, 1.54) is 4.57 Å². The second-order valence-electron chi connectivity index (χ2n) is 5.18. The van der Waals surface area contributed by atoms with Gasteiger partial charge in [-0.2, -0.15) is 0 Å². The molecule has 20 heavy (non-hydrogen) atoms. The first-order valence-electron chi connectivity index (χ1n) is 6.36. The SMILES string of the molecule is CCC(C)(C)NC(=O)COC(=O)Cn1c(C)csc1=O. The largest absolute Gasteiger partial charge is 0.454 e. The maximum Gasteiger partial charge on any atom is 0.326 e. The molecule has 0 bridgehead atoms. The molecule has 0 spiro atoms. The van der Waals surface area contributed by atoms with E-state index in [0.717, 1.165) is 17.8 Å². The third kappa shape index (κ3) is 4.80. The lowest BCUT2D eigenvalue weighted by Crippen LogP contribution is -2.44. The molecular formula is C13H20N2O4S. The molecule has 0 aliphatic carbocycles. The predicted molar refractivity (Wildman–Crippen MR) is 76.8 cm³/mol. The van der Waals surface area contributed by atoms with Gasteiger partial charge in [0.2, 0.25) is 0 Å². The van der Waals surface area contributed by atoms with Crippen molar-refractivity contribution >= 4 is 23.2 Å². The molecule has 0 saturated carbocycles. The molecule has 0 unspecified atom stereocenters. The van der Waals surface area contributed by atoms with E-state index in [1.54, 1.807) is 12.3 Å². The highest BCUT2D eigenvalue weighted by atomic mass is 32.1. The first-order valence-corrected chi connectivity index (χ1v) is 7.24. The van der Waals surface area contributed by atoms with Gasteiger partial charge in [0.25, 0.3) is 5.91 Å². The Balaban J connectivity index is 2.45. The molecule has 1 aromatic heterocycles. The molecule has 0 atom stereocenters. The number of rotatable bonds is 6. The number of carbonyl (C=O) groups excluding carboxylic acids is 2. The normalized spacial score (nSPS) is 11.2. The summed E-state index contributed by atoms with van der Waals surface area (Å²) in [5, 5.41) is 4.43. The molecule has 1 aromatic rings. The summed E-state index contributed by atoms with van der Waals surface area (Å²) in [6, 6.07) is 0. The molecule has 0 radical (unpaired) electrons. The molecule has 1 heterocycles. The van der Waals surface area contributed by atoms with E-state index < -0.39 is 5.97 Å². The number of thiazole rings is 1. The Labute approximate surface area is 121 Å². The number of aryl methyl sites for hydroxylation is 1. The number of esters is 1. The summed E-state index contributed by atoms with van der Waals surface area (Å²) >= 11 is 1.03. The van der Waals surface area contributed by atoms with Gasteiger partial charge in [-0.3, -0.25) is 19.0 Å². The van der Waals surface area contributed by atoms with Crippen LogP contribution in [0.4, 0.5) is 0 Å². The van der Waals surface area contributed by atoms with Crippen molar-refractivity contribution in [1.29, 1.82) is 0 Å². The first-order chi connectivity index (χ1) is 9.25. The van der Waals surface area contributed by atoms with Crippen molar-refractivity contribution in [3.63, 3.8) is 0 Å². The quantitative estimate of drug-likeness (QED) is 0.797. The Morgan fingerprint density at radius 2 is 2.10 bits per heavy atom. The number of carbonyl (C=O) groups is 2. The lowest BCUT2D eigenvalue weighted by Gasteiger charge is -2.24. The van der Waals surface area contributed by atoms with Crippen LogP contribution in [0.3, 0.4) is 0 Å². The van der Waals surface area contributed by atoms with Crippen LogP contribution in [0.5, 0.6) is 0 Å². The van der Waals surface area contributed by atoms with Crippen LogP contribution in [0.1, 0.15) is 32.9 Å². The smallest absolute Gasteiger partial charge is 0.326 e. The highest BCUT2D eigenvalue weighted by molar-refractivity contribution is 7.07. The molecule has 0 saturated heterocycles. The van der Waals surface area contributed by atoms with Gasteiger partial charge in [-0.25, -0.2) is 0 Å². The zero-order valence-electron chi connectivity index (χ0n) is 12.2. The van der Waals surface area contributed by atoms with Crippen LogP contribution >= 0.6 is 11.3 Å². The molecular weight excluding hydrogens is 280 g/mol. The Kier molecular flexibility index (Phi) is 5.50. The van der Waals surface area contributed by atoms with Gasteiger partial charge in [-0.1, -0.05) is 18.3 Å². The second-order valence-corrected chi connectivity index (χ2v) is 6.00. The van der Waals surface area contributed by atoms with E-state index in [0.29, 0.717) is 5.69 Å². The summed E-state index contributed by atoms with van der Waals surface area (Å²) in [6.45, 7) is 6.97. The van der Waals surface area contributed by atoms with Gasteiger partial charge in [0, 0.05) is 16.6 Å². The summed E-state index contributed by atoms with van der Waals surface area (Å²) in [4.78, 5) is 34.4. The van der Waals surface area contributed by atoms with E-state index in [1.807, 2.05) is 20.8 Å². The van der Waals surface area contributed by atoms with Crippen molar-refractivity contribution in [2.24, 2.45) is 0 Å². The Morgan fingerprint density at radius 1 is 1.45 bits per heavy atom. The van der Waals surface area contributed by atoms with E-state index in [9.17, 15) is 14.4 Å². The van der Waals surface area contributed by atoms with Crippen molar-refractivity contribution in [3.8, 4) is 0 Å². The summed E-state index contributed by atoms with van der Waals surface area (Å²) in [7, 11) is 0. The van der Waals surface area contributed by atoms with Gasteiger partial charge in [-0.15, -0.1) is 0 Å². The van der Waals surface area contributed by atoms with Crippen LogP contribution in [0.2, 0.25) is 0 Å². The monoisotopic (exact) mass is 300 g/mol. The second kappa shape index (κ2) is 6.69. The minimum atomic E-state index is -0.599. The fraction of sp³-hybridized carbons (Fsp3) is 0.615. The maximum atomic E-state index is 11.6. The third-order valence-electron chi connectivity index (χ3n) is 2.99. The molecule has 0 aromatic carbocycles. The molecule has 0 aliphatic heterocycles. The number of nitrogens with zero attached hydrogens (tertiary/aromatic N) is 1. The topological polar surface area (TPSA) is 77.4 Å². The number of amides is 1. The molecule has 0 fully saturated rings. The lowest BCUT2D eigenvalue weighted by molar-refractivity contribution is -0.149. The first kappa shape index (κ1) is 16.4. The van der Waals surface area contributed by atoms with E-state index >= 15 is 0 Å². The van der Waals surface area contributed by atoms with Gasteiger partial charge in [-0.05, 0) is 27.2 Å². The minimum Gasteiger partial charge on any atom is -0.454 e. The lowest BCUT2D eigenvalue weighted by atomic mass is 10.0. The van der Waals surface area contributed by atoms with E-state index in [4.69, 9.17) is 4.74 Å². The maximum absolute atomic E-state index is 11.6. The van der Waals surface area contributed by atoms with Crippen molar-refractivity contribution in [1.82, 2.24) is 9.88 Å². The number of aromatic nitrogens is 1. The fourth-order valence-corrected chi connectivity index (χ4v) is 2.15. The third-order valence-corrected chi connectivity index (χ3v) is 3.87. The number of hydrogen-bond acceptors (Lipinski definition) is 5. The standard InChI is InChI=1S/C13H20N2O4S/c1-5-13(3,4)14-10(16)7-19-11(17)6-15-9(2)8-20-12(15)18/h8H,5-7H2,1-4H3,(H,14,16). The van der Waals surface area contributed by atoms with Crippen LogP contribution in [0.25, 0.3) is 0 Å². The Bertz CT molecular complexity index is 545. The predicted octanol–water partition coefficient (Wildman–Crippen LogP) is 1.07. The van der Waals surface area contributed by atoms with Gasteiger partial charge in [0.1, 0.15) is 6.54 Å². The average molecular weight is 300 g/mol. The Morgan fingerprint density at radius 3 is 2.60 bits per heavy atom. The van der Waals surface area contributed by atoms with Crippen LogP contribution in [-0.2, 0) is 20.9 Å². The van der Waals surface area contributed by atoms with Crippen LogP contribution in [-0.4, -0.2) is 28.6 Å². The summed E-state index contributed by atoms with van der Waals surface area (Å²) in [5.74, 6) is -0.947. The van der Waals surface area contributed by atoms with Gasteiger partial charge in [0.15, 0.2) is 6.61 Å². The minimum absolute atomic E-state index is 0.168. The molecule has 1 amide bonds. The molecule has 112 valence electrons. The fourth-order valence-electron chi connectivity index (χ4n) is 1.42. The van der Waals surface area contributed by atoms with Gasteiger partial charge < -0.3 is 10.1 Å². The van der Waals surface area contributed by atoms with E-state index in [-0.39, 0.29) is 29.5 Å². The summed E-state index contributed by atoms with van der Waals surface area (Å²) in [6.07, 6.45) is 0.774. The van der Waals surface area contributed by atoms with Crippen molar-refractivity contribution in [3.05, 3.63) is 20.7 Å². The zero-order valence-corrected chi connectivity index (χ0v) is 13.0. The highest BCUT2D eigenvalue weighted by Gasteiger charge is 2.19. The number of ether oxygens (including phenoxy) is 1. The van der Waals surface area contributed by atoms with Crippen LogP contribution in [0.15, 0.2) is 10.2 Å². The summed E-state index contributed by atoms with van der Waals surface area (Å²) < 4.78 is 6.19. The molecule has 1 N–H and O–H groups in total.